The number of guanidine groups is 1. The SMILES string of the molecule is CN=C(NCC1CCN(Cc2cccs2)CC1)NCC(c1cccs1)N1CCCC1.I. The van der Waals surface area contributed by atoms with Gasteiger partial charge in [0.2, 0.25) is 0 Å². The van der Waals surface area contributed by atoms with Crippen molar-refractivity contribution in [2.75, 3.05) is 46.3 Å². The number of nitrogens with zero attached hydrogens (tertiary/aromatic N) is 3. The third-order valence-corrected chi connectivity index (χ3v) is 8.20. The number of likely N-dealkylation sites (tertiary alicyclic amines) is 2. The number of aliphatic imine (C=N–C) groups is 1. The van der Waals surface area contributed by atoms with E-state index in [0.717, 1.165) is 31.5 Å². The van der Waals surface area contributed by atoms with E-state index >= 15 is 0 Å². The van der Waals surface area contributed by atoms with Crippen molar-refractivity contribution >= 4 is 52.6 Å². The van der Waals surface area contributed by atoms with Crippen LogP contribution < -0.4 is 10.6 Å². The smallest absolute Gasteiger partial charge is 0.191 e. The molecule has 0 spiro atoms. The molecule has 0 bridgehead atoms. The van der Waals surface area contributed by atoms with Crippen LogP contribution in [0.1, 0.15) is 41.5 Å². The Balaban J connectivity index is 0.00000272. The van der Waals surface area contributed by atoms with Crippen molar-refractivity contribution in [2.24, 2.45) is 10.9 Å². The first-order valence-electron chi connectivity index (χ1n) is 11.3. The van der Waals surface area contributed by atoms with Crippen LogP contribution >= 0.6 is 46.7 Å². The zero-order valence-electron chi connectivity index (χ0n) is 18.5. The highest BCUT2D eigenvalue weighted by Crippen LogP contribution is 2.27. The lowest BCUT2D eigenvalue weighted by Crippen LogP contribution is -2.45. The van der Waals surface area contributed by atoms with Crippen LogP contribution in [0.5, 0.6) is 0 Å². The second-order valence-electron chi connectivity index (χ2n) is 8.41. The zero-order chi connectivity index (χ0) is 20.6. The summed E-state index contributed by atoms with van der Waals surface area (Å²) < 4.78 is 0. The largest absolute Gasteiger partial charge is 0.356 e. The van der Waals surface area contributed by atoms with Crippen molar-refractivity contribution in [3.8, 4) is 0 Å². The van der Waals surface area contributed by atoms with Gasteiger partial charge in [-0.15, -0.1) is 46.7 Å². The third kappa shape index (κ3) is 7.42. The average molecular weight is 574 g/mol. The van der Waals surface area contributed by atoms with Crippen molar-refractivity contribution in [1.29, 1.82) is 0 Å². The summed E-state index contributed by atoms with van der Waals surface area (Å²) in [6.07, 6.45) is 5.17. The minimum atomic E-state index is 0. The van der Waals surface area contributed by atoms with Crippen molar-refractivity contribution in [2.45, 2.75) is 38.3 Å². The highest BCUT2D eigenvalue weighted by Gasteiger charge is 2.25. The lowest BCUT2D eigenvalue weighted by atomic mass is 9.97. The molecule has 0 amide bonds. The van der Waals surface area contributed by atoms with Gasteiger partial charge in [0.25, 0.3) is 0 Å². The van der Waals surface area contributed by atoms with E-state index in [-0.39, 0.29) is 24.0 Å². The third-order valence-electron chi connectivity index (χ3n) is 6.36. The zero-order valence-corrected chi connectivity index (χ0v) is 22.4. The Morgan fingerprint density at radius 1 is 1.06 bits per heavy atom. The highest BCUT2D eigenvalue weighted by atomic mass is 127. The molecule has 0 aromatic carbocycles. The maximum atomic E-state index is 4.49. The molecule has 5 nitrogen and oxygen atoms in total. The van der Waals surface area contributed by atoms with Gasteiger partial charge >= 0.3 is 0 Å². The highest BCUT2D eigenvalue weighted by molar-refractivity contribution is 14.0. The summed E-state index contributed by atoms with van der Waals surface area (Å²) in [4.78, 5) is 12.6. The number of halogens is 1. The van der Waals surface area contributed by atoms with E-state index < -0.39 is 0 Å². The average Bonchev–Trinajstić information content (AvgIpc) is 3.56. The van der Waals surface area contributed by atoms with Crippen molar-refractivity contribution in [3.63, 3.8) is 0 Å². The van der Waals surface area contributed by atoms with Gasteiger partial charge in [0.05, 0.1) is 6.04 Å². The summed E-state index contributed by atoms with van der Waals surface area (Å²) in [5.41, 5.74) is 0. The van der Waals surface area contributed by atoms with E-state index in [1.807, 2.05) is 29.7 Å². The standard InChI is InChI=1S/C23H35N5S2.HI/c1-24-23(26-17-21(22-7-5-15-30-22)28-10-2-3-11-28)25-16-19-8-12-27(13-9-19)18-20-6-4-14-29-20;/h4-7,14-15,19,21H,2-3,8-13,16-18H2,1H3,(H2,24,25,26);1H. The Morgan fingerprint density at radius 3 is 2.45 bits per heavy atom. The number of piperidine rings is 1. The first kappa shape index (κ1) is 25.0. The number of nitrogens with one attached hydrogen (secondary N) is 2. The molecule has 31 heavy (non-hydrogen) atoms. The van der Waals surface area contributed by atoms with Crippen LogP contribution in [0.25, 0.3) is 0 Å². The Labute approximate surface area is 212 Å². The van der Waals surface area contributed by atoms with Crippen molar-refractivity contribution in [1.82, 2.24) is 20.4 Å². The normalized spacial score (nSPS) is 19.8. The summed E-state index contributed by atoms with van der Waals surface area (Å²) in [6.45, 7) is 7.86. The summed E-state index contributed by atoms with van der Waals surface area (Å²) in [5.74, 6) is 1.67. The van der Waals surface area contributed by atoms with Gasteiger partial charge in [-0.1, -0.05) is 12.1 Å². The minimum Gasteiger partial charge on any atom is -0.356 e. The molecule has 2 saturated heterocycles. The molecule has 0 saturated carbocycles. The second-order valence-corrected chi connectivity index (χ2v) is 10.4. The van der Waals surface area contributed by atoms with Gasteiger partial charge in [0, 0.05) is 36.4 Å². The second kappa shape index (κ2) is 13.1. The van der Waals surface area contributed by atoms with Crippen LogP contribution in [0.4, 0.5) is 0 Å². The molecule has 2 N–H and O–H groups in total. The number of hydrogen-bond acceptors (Lipinski definition) is 5. The van der Waals surface area contributed by atoms with E-state index in [1.165, 1.54) is 61.6 Å². The molecule has 0 aliphatic carbocycles. The molecule has 0 radical (unpaired) electrons. The molecule has 1 unspecified atom stereocenters. The first-order chi connectivity index (χ1) is 14.8. The summed E-state index contributed by atoms with van der Waals surface area (Å²) in [5, 5.41) is 11.6. The predicted octanol–water partition coefficient (Wildman–Crippen LogP) is 4.64. The van der Waals surface area contributed by atoms with Crippen LogP contribution in [-0.4, -0.2) is 62.1 Å². The quantitative estimate of drug-likeness (QED) is 0.275. The van der Waals surface area contributed by atoms with E-state index in [2.05, 4.69) is 60.5 Å². The lowest BCUT2D eigenvalue weighted by molar-refractivity contribution is 0.179. The van der Waals surface area contributed by atoms with Crippen molar-refractivity contribution in [3.05, 3.63) is 44.8 Å². The molecule has 4 rings (SSSR count). The van der Waals surface area contributed by atoms with E-state index in [9.17, 15) is 0 Å². The summed E-state index contributed by atoms with van der Waals surface area (Å²) in [7, 11) is 1.88. The number of thiophene rings is 2. The molecular weight excluding hydrogens is 537 g/mol. The molecule has 4 heterocycles. The van der Waals surface area contributed by atoms with Crippen LogP contribution in [-0.2, 0) is 6.54 Å². The summed E-state index contributed by atoms with van der Waals surface area (Å²) >= 11 is 3.74. The maximum Gasteiger partial charge on any atom is 0.191 e. The fourth-order valence-corrected chi connectivity index (χ4v) is 6.18. The van der Waals surface area contributed by atoms with E-state index in [4.69, 9.17) is 0 Å². The monoisotopic (exact) mass is 573 g/mol. The molecule has 2 fully saturated rings. The molecule has 1 atom stereocenters. The topological polar surface area (TPSA) is 42.9 Å². The molecule has 2 aromatic rings. The Bertz CT molecular complexity index is 751. The number of hydrogen-bond donors (Lipinski definition) is 2. The molecule has 2 aliphatic heterocycles. The molecule has 8 heteroatoms. The van der Waals surface area contributed by atoms with Gasteiger partial charge in [-0.2, -0.15) is 0 Å². The molecule has 172 valence electrons. The van der Waals surface area contributed by atoms with Crippen LogP contribution in [0.3, 0.4) is 0 Å². The molecule has 2 aromatic heterocycles. The first-order valence-corrected chi connectivity index (χ1v) is 13.0. The molecular formula is C23H36IN5S2. The van der Waals surface area contributed by atoms with Gasteiger partial charge in [-0.05, 0) is 80.7 Å². The van der Waals surface area contributed by atoms with Crippen molar-refractivity contribution < 1.29 is 0 Å². The Morgan fingerprint density at radius 2 is 1.81 bits per heavy atom. The van der Waals surface area contributed by atoms with Gasteiger partial charge < -0.3 is 10.6 Å². The predicted molar refractivity (Wildman–Crippen MR) is 145 cm³/mol. The lowest BCUT2D eigenvalue weighted by Gasteiger charge is -2.32. The fourth-order valence-electron chi connectivity index (χ4n) is 4.57. The van der Waals surface area contributed by atoms with Gasteiger partial charge in [0.1, 0.15) is 0 Å². The van der Waals surface area contributed by atoms with Gasteiger partial charge in [0.15, 0.2) is 5.96 Å². The van der Waals surface area contributed by atoms with Crippen LogP contribution in [0.15, 0.2) is 40.0 Å². The maximum absolute atomic E-state index is 4.49. The van der Waals surface area contributed by atoms with Gasteiger partial charge in [-0.25, -0.2) is 0 Å². The van der Waals surface area contributed by atoms with Crippen LogP contribution in [0.2, 0.25) is 0 Å². The minimum absolute atomic E-state index is 0. The fraction of sp³-hybridized carbons (Fsp3) is 0.609. The van der Waals surface area contributed by atoms with Crippen LogP contribution in [0, 0.1) is 5.92 Å². The Kier molecular flexibility index (Phi) is 10.6. The Hall–Kier alpha value is -0.680. The molecule has 2 aliphatic rings. The van der Waals surface area contributed by atoms with E-state index in [1.54, 1.807) is 0 Å². The summed E-state index contributed by atoms with van der Waals surface area (Å²) in [6, 6.07) is 9.30. The van der Waals surface area contributed by atoms with Gasteiger partial charge in [-0.3, -0.25) is 14.8 Å². The van der Waals surface area contributed by atoms with E-state index in [0.29, 0.717) is 6.04 Å². The number of rotatable bonds is 8.